The second-order valence-electron chi connectivity index (χ2n) is 9.24. The van der Waals surface area contributed by atoms with Crippen LogP contribution in [0.1, 0.15) is 34.1 Å². The van der Waals surface area contributed by atoms with Crippen molar-refractivity contribution in [2.75, 3.05) is 18.0 Å². The smallest absolute Gasteiger partial charge is 0.255 e. The lowest BCUT2D eigenvalue weighted by atomic mass is 9.89. The van der Waals surface area contributed by atoms with Gasteiger partial charge in [-0.15, -0.1) is 11.6 Å². The number of aromatic nitrogens is 3. The van der Waals surface area contributed by atoms with Crippen LogP contribution in [0.2, 0.25) is 0 Å². The van der Waals surface area contributed by atoms with Gasteiger partial charge in [0.1, 0.15) is 0 Å². The molecule has 2 aliphatic rings. The van der Waals surface area contributed by atoms with E-state index in [1.54, 1.807) is 23.0 Å². The van der Waals surface area contributed by atoms with Crippen molar-refractivity contribution in [1.82, 2.24) is 19.9 Å². The van der Waals surface area contributed by atoms with Crippen molar-refractivity contribution >= 4 is 17.5 Å². The van der Waals surface area contributed by atoms with E-state index >= 15 is 0 Å². The van der Waals surface area contributed by atoms with Crippen molar-refractivity contribution in [2.45, 2.75) is 57.1 Å². The summed E-state index contributed by atoms with van der Waals surface area (Å²) in [5, 5.41) is 3.76. The molecule has 164 valence electrons. The molecule has 1 N–H and O–H groups in total. The molecule has 2 aromatic heterocycles. The van der Waals surface area contributed by atoms with E-state index in [2.05, 4.69) is 47.3 Å². The Morgan fingerprint density at radius 2 is 2.00 bits per heavy atom. The minimum absolute atomic E-state index is 0.0399. The molecule has 0 amide bonds. The summed E-state index contributed by atoms with van der Waals surface area (Å²) in [7, 11) is 0. The predicted octanol–water partition coefficient (Wildman–Crippen LogP) is 3.77. The molecule has 7 heteroatoms. The molecule has 31 heavy (non-hydrogen) atoms. The molecular formula is C24H30ClN5O. The summed E-state index contributed by atoms with van der Waals surface area (Å²) < 4.78 is 1.75. The van der Waals surface area contributed by atoms with Crippen LogP contribution in [0.3, 0.4) is 0 Å². The van der Waals surface area contributed by atoms with E-state index in [0.29, 0.717) is 18.2 Å². The van der Waals surface area contributed by atoms with Gasteiger partial charge in [-0.25, -0.2) is 4.98 Å². The van der Waals surface area contributed by atoms with Crippen molar-refractivity contribution < 1.29 is 0 Å². The van der Waals surface area contributed by atoms with Gasteiger partial charge in [-0.3, -0.25) is 14.3 Å². The van der Waals surface area contributed by atoms with E-state index in [9.17, 15) is 4.79 Å². The fourth-order valence-electron chi connectivity index (χ4n) is 4.35. The van der Waals surface area contributed by atoms with Gasteiger partial charge >= 0.3 is 0 Å². The van der Waals surface area contributed by atoms with E-state index in [1.165, 1.54) is 5.57 Å². The van der Waals surface area contributed by atoms with Gasteiger partial charge in [-0.05, 0) is 51.8 Å². The zero-order valence-corrected chi connectivity index (χ0v) is 19.4. The summed E-state index contributed by atoms with van der Waals surface area (Å²) >= 11 is 6.47. The third-order valence-electron chi connectivity index (χ3n) is 5.88. The lowest BCUT2D eigenvalue weighted by Gasteiger charge is -2.45. The first-order valence-electron chi connectivity index (χ1n) is 10.8. The summed E-state index contributed by atoms with van der Waals surface area (Å²) in [5.74, 6) is 0.712. The third kappa shape index (κ3) is 4.75. The number of hydrogen-bond donors (Lipinski definition) is 1. The second kappa shape index (κ2) is 8.24. The Hall–Kier alpha value is -2.44. The molecule has 0 spiro atoms. The number of anilines is 1. The normalized spacial score (nSPS) is 25.4. The SMILES string of the molecule is CCn1c(N2CC(C3=CCC(C)(Cl)C=C3)NC(C)(C)C2)nc(-c2ccncc2)cc1=O. The molecule has 0 aromatic carbocycles. The minimum atomic E-state index is -0.323. The van der Waals surface area contributed by atoms with Crippen LogP contribution in [0.25, 0.3) is 11.3 Å². The molecule has 0 saturated carbocycles. The molecule has 0 radical (unpaired) electrons. The second-order valence-corrected chi connectivity index (χ2v) is 10.1. The minimum Gasteiger partial charge on any atom is -0.338 e. The van der Waals surface area contributed by atoms with E-state index < -0.39 is 0 Å². The summed E-state index contributed by atoms with van der Waals surface area (Å²) in [5.41, 5.74) is 2.60. The van der Waals surface area contributed by atoms with E-state index in [1.807, 2.05) is 26.0 Å². The molecule has 1 saturated heterocycles. The molecule has 0 bridgehead atoms. The zero-order chi connectivity index (χ0) is 22.2. The summed E-state index contributed by atoms with van der Waals surface area (Å²) in [6.07, 6.45) is 10.7. The molecule has 1 aliphatic heterocycles. The van der Waals surface area contributed by atoms with E-state index in [-0.39, 0.29) is 22.0 Å². The number of piperazine rings is 1. The van der Waals surface area contributed by atoms with Crippen molar-refractivity contribution in [3.8, 4) is 11.3 Å². The Bertz CT molecular complexity index is 1070. The largest absolute Gasteiger partial charge is 0.338 e. The highest BCUT2D eigenvalue weighted by Gasteiger charge is 2.36. The standard InChI is InChI=1S/C24H30ClN5O/c1-5-30-21(31)14-19(18-8-12-26-13-9-18)27-22(30)29-15-20(28-23(2,3)16-29)17-6-10-24(4,25)11-7-17/h6-10,12-14,20,28H,5,11,15-16H2,1-4H3. The monoisotopic (exact) mass is 439 g/mol. The average molecular weight is 440 g/mol. The molecule has 1 aliphatic carbocycles. The maximum atomic E-state index is 13.0. The maximum Gasteiger partial charge on any atom is 0.255 e. The number of nitrogens with zero attached hydrogens (tertiary/aromatic N) is 4. The van der Waals surface area contributed by atoms with Crippen LogP contribution in [-0.2, 0) is 6.54 Å². The van der Waals surface area contributed by atoms with Crippen LogP contribution in [0.15, 0.2) is 59.2 Å². The molecule has 1 fully saturated rings. The van der Waals surface area contributed by atoms with Gasteiger partial charge in [-0.2, -0.15) is 0 Å². The Morgan fingerprint density at radius 1 is 1.26 bits per heavy atom. The topological polar surface area (TPSA) is 63.1 Å². The van der Waals surface area contributed by atoms with Gasteiger partial charge in [0, 0.05) is 49.2 Å². The fraction of sp³-hybridized carbons (Fsp3) is 0.458. The van der Waals surface area contributed by atoms with E-state index in [4.69, 9.17) is 16.6 Å². The molecule has 2 aromatic rings. The fourth-order valence-corrected chi connectivity index (χ4v) is 4.49. The van der Waals surface area contributed by atoms with E-state index in [0.717, 1.165) is 25.1 Å². The number of halogens is 1. The first kappa shape index (κ1) is 21.8. The highest BCUT2D eigenvalue weighted by Crippen LogP contribution is 2.31. The van der Waals surface area contributed by atoms with Gasteiger partial charge in [-0.1, -0.05) is 18.2 Å². The van der Waals surface area contributed by atoms with Crippen LogP contribution in [-0.4, -0.2) is 44.1 Å². The Morgan fingerprint density at radius 3 is 2.65 bits per heavy atom. The van der Waals surface area contributed by atoms with Gasteiger partial charge in [0.25, 0.3) is 5.56 Å². The molecule has 2 unspecified atom stereocenters. The van der Waals surface area contributed by atoms with Crippen LogP contribution in [0.4, 0.5) is 5.95 Å². The van der Waals surface area contributed by atoms with Crippen LogP contribution < -0.4 is 15.8 Å². The number of pyridine rings is 1. The zero-order valence-electron chi connectivity index (χ0n) is 18.6. The Balaban J connectivity index is 1.72. The quantitative estimate of drug-likeness (QED) is 0.735. The van der Waals surface area contributed by atoms with Crippen LogP contribution >= 0.6 is 11.6 Å². The van der Waals surface area contributed by atoms with Gasteiger partial charge in [0.2, 0.25) is 5.95 Å². The Kier molecular flexibility index (Phi) is 5.79. The highest BCUT2D eigenvalue weighted by molar-refractivity contribution is 6.25. The van der Waals surface area contributed by atoms with Crippen molar-refractivity contribution in [3.63, 3.8) is 0 Å². The summed E-state index contributed by atoms with van der Waals surface area (Å²) in [6.45, 7) is 10.4. The predicted molar refractivity (Wildman–Crippen MR) is 127 cm³/mol. The van der Waals surface area contributed by atoms with Gasteiger partial charge in [0.05, 0.1) is 16.6 Å². The third-order valence-corrected chi connectivity index (χ3v) is 6.16. The van der Waals surface area contributed by atoms with Crippen molar-refractivity contribution in [3.05, 3.63) is 64.7 Å². The summed E-state index contributed by atoms with van der Waals surface area (Å²) in [4.78, 5) is 23.9. The first-order chi connectivity index (χ1) is 14.7. The lowest BCUT2D eigenvalue weighted by Crippen LogP contribution is -2.63. The molecule has 4 rings (SSSR count). The van der Waals surface area contributed by atoms with Crippen LogP contribution in [0.5, 0.6) is 0 Å². The summed E-state index contributed by atoms with van der Waals surface area (Å²) in [6, 6.07) is 5.50. The molecule has 6 nitrogen and oxygen atoms in total. The number of hydrogen-bond acceptors (Lipinski definition) is 5. The lowest BCUT2D eigenvalue weighted by molar-refractivity contribution is 0.307. The molecule has 2 atom stereocenters. The van der Waals surface area contributed by atoms with Gasteiger partial charge < -0.3 is 10.2 Å². The highest BCUT2D eigenvalue weighted by atomic mass is 35.5. The van der Waals surface area contributed by atoms with Crippen molar-refractivity contribution in [1.29, 1.82) is 0 Å². The number of alkyl halides is 1. The van der Waals surface area contributed by atoms with Crippen LogP contribution in [0, 0.1) is 0 Å². The first-order valence-corrected chi connectivity index (χ1v) is 11.2. The van der Waals surface area contributed by atoms with Crippen molar-refractivity contribution in [2.24, 2.45) is 0 Å². The average Bonchev–Trinajstić information content (AvgIpc) is 2.72. The molecular weight excluding hydrogens is 410 g/mol. The Labute approximate surface area is 188 Å². The number of allylic oxidation sites excluding steroid dienone is 2. The van der Waals surface area contributed by atoms with Gasteiger partial charge in [0.15, 0.2) is 0 Å². The number of rotatable bonds is 4. The maximum absolute atomic E-state index is 13.0. The number of nitrogens with one attached hydrogen (secondary N) is 1. The molecule has 3 heterocycles.